The second-order valence-electron chi connectivity index (χ2n) is 4.75. The van der Waals surface area contributed by atoms with Crippen LogP contribution in [0.4, 0.5) is 21.6 Å². The molecular formula is C14H17FN4O. The molecule has 1 aromatic carbocycles. The van der Waals surface area contributed by atoms with Gasteiger partial charge in [0.2, 0.25) is 5.88 Å². The number of aromatic nitrogens is 2. The first-order valence-corrected chi connectivity index (χ1v) is 6.27. The maximum atomic E-state index is 13.4. The molecule has 0 aliphatic heterocycles. The summed E-state index contributed by atoms with van der Waals surface area (Å²) in [5.74, 6) is 0.380. The molecule has 1 heterocycles. The number of nitrogen functional groups attached to an aromatic ring is 1. The molecule has 20 heavy (non-hydrogen) atoms. The van der Waals surface area contributed by atoms with Crippen molar-refractivity contribution in [3.05, 3.63) is 35.9 Å². The number of nitrogens with two attached hydrogens (primary N) is 1. The van der Waals surface area contributed by atoms with Crippen molar-refractivity contribution in [1.82, 2.24) is 9.97 Å². The Morgan fingerprint density at radius 2 is 2.00 bits per heavy atom. The van der Waals surface area contributed by atoms with Gasteiger partial charge < -0.3 is 15.8 Å². The Morgan fingerprint density at radius 3 is 2.65 bits per heavy atom. The molecule has 106 valence electrons. The van der Waals surface area contributed by atoms with Crippen molar-refractivity contribution in [2.75, 3.05) is 11.1 Å². The summed E-state index contributed by atoms with van der Waals surface area (Å²) in [6.45, 7) is 5.57. The highest BCUT2D eigenvalue weighted by Crippen LogP contribution is 2.28. The first-order valence-electron chi connectivity index (χ1n) is 6.27. The molecular weight excluding hydrogens is 259 g/mol. The van der Waals surface area contributed by atoms with E-state index in [1.165, 1.54) is 18.5 Å². The number of halogens is 1. The molecule has 0 amide bonds. The monoisotopic (exact) mass is 276 g/mol. The SMILES string of the molecule is Cc1cc(F)cc(Nc2ncnc(OC(C)C)c2N)c1. The van der Waals surface area contributed by atoms with Crippen molar-refractivity contribution in [2.24, 2.45) is 0 Å². The standard InChI is InChI=1S/C14H17FN4O/c1-8(2)20-14-12(16)13(17-7-18-14)19-11-5-9(3)4-10(15)6-11/h4-8H,16H2,1-3H3,(H,17,18,19). The highest BCUT2D eigenvalue weighted by atomic mass is 19.1. The van der Waals surface area contributed by atoms with Crippen LogP contribution in [0.3, 0.4) is 0 Å². The molecule has 0 aliphatic carbocycles. The Hall–Kier alpha value is -2.37. The van der Waals surface area contributed by atoms with Crippen LogP contribution in [0.1, 0.15) is 19.4 Å². The Labute approximate surface area is 117 Å². The average Bonchev–Trinajstić information content (AvgIpc) is 2.32. The smallest absolute Gasteiger partial charge is 0.242 e. The Bertz CT molecular complexity index is 596. The Kier molecular flexibility index (Phi) is 4.02. The van der Waals surface area contributed by atoms with Crippen molar-refractivity contribution in [3.63, 3.8) is 0 Å². The molecule has 0 aliphatic rings. The number of hydrogen-bond acceptors (Lipinski definition) is 5. The second-order valence-corrected chi connectivity index (χ2v) is 4.75. The van der Waals surface area contributed by atoms with Crippen molar-refractivity contribution < 1.29 is 9.13 Å². The minimum Gasteiger partial charge on any atom is -0.473 e. The van der Waals surface area contributed by atoms with E-state index in [0.29, 0.717) is 23.1 Å². The van der Waals surface area contributed by atoms with Crippen LogP contribution in [0.5, 0.6) is 5.88 Å². The molecule has 6 heteroatoms. The fraction of sp³-hybridized carbons (Fsp3) is 0.286. The lowest BCUT2D eigenvalue weighted by molar-refractivity contribution is 0.234. The third kappa shape index (κ3) is 3.34. The quantitative estimate of drug-likeness (QED) is 0.898. The van der Waals surface area contributed by atoms with Gasteiger partial charge in [-0.2, -0.15) is 4.98 Å². The van der Waals surface area contributed by atoms with Crippen molar-refractivity contribution >= 4 is 17.2 Å². The zero-order valence-corrected chi connectivity index (χ0v) is 11.6. The summed E-state index contributed by atoms with van der Waals surface area (Å²) in [7, 11) is 0. The molecule has 0 bridgehead atoms. The van der Waals surface area contributed by atoms with Crippen LogP contribution >= 0.6 is 0 Å². The van der Waals surface area contributed by atoms with Gasteiger partial charge in [0.1, 0.15) is 17.8 Å². The first kappa shape index (κ1) is 14.0. The predicted molar refractivity (Wildman–Crippen MR) is 76.6 cm³/mol. The number of nitrogens with one attached hydrogen (secondary N) is 1. The highest BCUT2D eigenvalue weighted by molar-refractivity contribution is 5.72. The van der Waals surface area contributed by atoms with E-state index >= 15 is 0 Å². The van der Waals surface area contributed by atoms with Crippen LogP contribution in [-0.2, 0) is 0 Å². The molecule has 0 saturated carbocycles. The maximum absolute atomic E-state index is 13.4. The van der Waals surface area contributed by atoms with E-state index in [2.05, 4.69) is 15.3 Å². The van der Waals surface area contributed by atoms with Crippen molar-refractivity contribution in [3.8, 4) is 5.88 Å². The summed E-state index contributed by atoms with van der Waals surface area (Å²) in [4.78, 5) is 8.03. The van der Waals surface area contributed by atoms with Crippen LogP contribution < -0.4 is 15.8 Å². The molecule has 1 aromatic heterocycles. The van der Waals surface area contributed by atoms with Gasteiger partial charge in [-0.3, -0.25) is 0 Å². The van der Waals surface area contributed by atoms with Crippen molar-refractivity contribution in [1.29, 1.82) is 0 Å². The molecule has 0 fully saturated rings. The van der Waals surface area contributed by atoms with E-state index in [0.717, 1.165) is 5.56 Å². The maximum Gasteiger partial charge on any atom is 0.242 e. The lowest BCUT2D eigenvalue weighted by atomic mass is 10.2. The van der Waals surface area contributed by atoms with E-state index in [9.17, 15) is 4.39 Å². The second kappa shape index (κ2) is 5.73. The summed E-state index contributed by atoms with van der Waals surface area (Å²) >= 11 is 0. The summed E-state index contributed by atoms with van der Waals surface area (Å²) in [5, 5.41) is 2.97. The number of aryl methyl sites for hydroxylation is 1. The topological polar surface area (TPSA) is 73.1 Å². The summed E-state index contributed by atoms with van der Waals surface area (Å²) < 4.78 is 18.8. The zero-order chi connectivity index (χ0) is 14.7. The average molecular weight is 276 g/mol. The number of nitrogens with zero attached hydrogens (tertiary/aromatic N) is 2. The molecule has 0 radical (unpaired) electrons. The third-order valence-corrected chi connectivity index (χ3v) is 2.50. The van der Waals surface area contributed by atoms with E-state index in [4.69, 9.17) is 10.5 Å². The van der Waals surface area contributed by atoms with Gasteiger partial charge in [0, 0.05) is 5.69 Å². The lowest BCUT2D eigenvalue weighted by Crippen LogP contribution is -2.10. The number of rotatable bonds is 4. The third-order valence-electron chi connectivity index (χ3n) is 2.50. The molecule has 2 rings (SSSR count). The summed E-state index contributed by atoms with van der Waals surface area (Å²) in [6.07, 6.45) is 1.30. The van der Waals surface area contributed by atoms with Gasteiger partial charge in [-0.1, -0.05) is 0 Å². The molecule has 0 atom stereocenters. The predicted octanol–water partition coefficient (Wildman–Crippen LogP) is 3.04. The van der Waals surface area contributed by atoms with Crippen LogP contribution in [0.25, 0.3) is 0 Å². The van der Waals surface area contributed by atoms with Crippen LogP contribution in [0.2, 0.25) is 0 Å². The summed E-state index contributed by atoms with van der Waals surface area (Å²) in [6, 6.07) is 4.62. The normalized spacial score (nSPS) is 10.7. The summed E-state index contributed by atoms with van der Waals surface area (Å²) in [5.41, 5.74) is 7.62. The van der Waals surface area contributed by atoms with E-state index in [1.807, 2.05) is 20.8 Å². The zero-order valence-electron chi connectivity index (χ0n) is 11.6. The Balaban J connectivity index is 2.29. The lowest BCUT2D eigenvalue weighted by Gasteiger charge is -2.14. The Morgan fingerprint density at radius 1 is 1.25 bits per heavy atom. The van der Waals surface area contributed by atoms with Crippen LogP contribution in [0, 0.1) is 12.7 Å². The minimum absolute atomic E-state index is 0.0449. The number of hydrogen-bond donors (Lipinski definition) is 2. The molecule has 0 spiro atoms. The highest BCUT2D eigenvalue weighted by Gasteiger charge is 2.11. The number of ether oxygens (including phenoxy) is 1. The first-order chi connectivity index (χ1) is 9.45. The molecule has 5 nitrogen and oxygen atoms in total. The van der Waals surface area contributed by atoms with Gasteiger partial charge in [-0.25, -0.2) is 9.37 Å². The fourth-order valence-corrected chi connectivity index (χ4v) is 1.74. The van der Waals surface area contributed by atoms with Gasteiger partial charge >= 0.3 is 0 Å². The van der Waals surface area contributed by atoms with Gasteiger partial charge in [0.15, 0.2) is 5.82 Å². The van der Waals surface area contributed by atoms with E-state index in [1.54, 1.807) is 6.07 Å². The van der Waals surface area contributed by atoms with Crippen molar-refractivity contribution in [2.45, 2.75) is 26.9 Å². The van der Waals surface area contributed by atoms with Crippen LogP contribution in [0.15, 0.2) is 24.5 Å². The fourth-order valence-electron chi connectivity index (χ4n) is 1.74. The molecule has 2 aromatic rings. The minimum atomic E-state index is -0.321. The molecule has 0 unspecified atom stereocenters. The van der Waals surface area contributed by atoms with Crippen LogP contribution in [-0.4, -0.2) is 16.1 Å². The van der Waals surface area contributed by atoms with Gasteiger partial charge in [0.05, 0.1) is 6.10 Å². The molecule has 3 N–H and O–H groups in total. The molecule has 0 saturated heterocycles. The number of benzene rings is 1. The van der Waals surface area contributed by atoms with E-state index < -0.39 is 0 Å². The van der Waals surface area contributed by atoms with Gasteiger partial charge in [0.25, 0.3) is 0 Å². The van der Waals surface area contributed by atoms with Gasteiger partial charge in [-0.05, 0) is 44.5 Å². The number of anilines is 3. The van der Waals surface area contributed by atoms with Gasteiger partial charge in [-0.15, -0.1) is 0 Å². The largest absolute Gasteiger partial charge is 0.473 e. The van der Waals surface area contributed by atoms with E-state index in [-0.39, 0.29) is 11.9 Å².